The van der Waals surface area contributed by atoms with Gasteiger partial charge in [0.05, 0.1) is 11.7 Å². The first kappa shape index (κ1) is 13.7. The van der Waals surface area contributed by atoms with E-state index in [1.54, 1.807) is 6.20 Å². The van der Waals surface area contributed by atoms with Crippen LogP contribution in [0.25, 0.3) is 0 Å². The van der Waals surface area contributed by atoms with Gasteiger partial charge in [0.2, 0.25) is 0 Å². The molecule has 0 radical (unpaired) electrons. The number of rotatable bonds is 3. The summed E-state index contributed by atoms with van der Waals surface area (Å²) in [5.41, 5.74) is 6.00. The summed E-state index contributed by atoms with van der Waals surface area (Å²) in [6.45, 7) is 2.06. The SMILES string of the molecule is Cc1ccccc1C(NN)c1ncc(Br)cc1Br. The van der Waals surface area contributed by atoms with E-state index in [1.165, 1.54) is 5.56 Å². The second-order valence-electron chi connectivity index (χ2n) is 3.98. The first-order chi connectivity index (χ1) is 8.63. The number of aryl methyl sites for hydroxylation is 1. The van der Waals surface area contributed by atoms with Crippen LogP contribution in [0.5, 0.6) is 0 Å². The molecule has 0 aliphatic rings. The Morgan fingerprint density at radius 2 is 2.00 bits per heavy atom. The molecule has 0 saturated carbocycles. The standard InChI is InChI=1S/C13H13Br2N3/c1-8-4-2-3-5-10(8)12(18-16)13-11(15)6-9(14)7-17-13/h2-7,12,18H,16H2,1H3. The molecule has 0 aliphatic heterocycles. The van der Waals surface area contributed by atoms with Gasteiger partial charge in [-0.25, -0.2) is 5.43 Å². The fourth-order valence-electron chi connectivity index (χ4n) is 1.86. The van der Waals surface area contributed by atoms with E-state index in [0.29, 0.717) is 0 Å². The molecule has 3 N–H and O–H groups in total. The second kappa shape index (κ2) is 5.93. The molecule has 0 aliphatic carbocycles. The lowest BCUT2D eigenvalue weighted by molar-refractivity contribution is 0.615. The summed E-state index contributed by atoms with van der Waals surface area (Å²) in [5.74, 6) is 5.69. The molecule has 1 aromatic heterocycles. The van der Waals surface area contributed by atoms with Crippen LogP contribution in [0.15, 0.2) is 45.5 Å². The average molecular weight is 371 g/mol. The van der Waals surface area contributed by atoms with Crippen molar-refractivity contribution < 1.29 is 0 Å². The monoisotopic (exact) mass is 369 g/mol. The molecule has 5 heteroatoms. The Labute approximate surface area is 123 Å². The van der Waals surface area contributed by atoms with Crippen molar-refractivity contribution in [3.63, 3.8) is 0 Å². The van der Waals surface area contributed by atoms with Crippen molar-refractivity contribution in [3.8, 4) is 0 Å². The van der Waals surface area contributed by atoms with Gasteiger partial charge in [0.1, 0.15) is 0 Å². The summed E-state index contributed by atoms with van der Waals surface area (Å²) < 4.78 is 1.85. The van der Waals surface area contributed by atoms with Crippen molar-refractivity contribution >= 4 is 31.9 Å². The third-order valence-corrected chi connectivity index (χ3v) is 3.84. The molecule has 3 nitrogen and oxygen atoms in total. The summed E-state index contributed by atoms with van der Waals surface area (Å²) >= 11 is 6.92. The summed E-state index contributed by atoms with van der Waals surface area (Å²) in [7, 11) is 0. The predicted molar refractivity (Wildman–Crippen MR) is 80.0 cm³/mol. The zero-order chi connectivity index (χ0) is 13.1. The van der Waals surface area contributed by atoms with Gasteiger partial charge in [-0.15, -0.1) is 0 Å². The summed E-state index contributed by atoms with van der Waals surface area (Å²) in [6.07, 6.45) is 1.77. The Balaban J connectivity index is 2.49. The van der Waals surface area contributed by atoms with E-state index in [4.69, 9.17) is 5.84 Å². The van der Waals surface area contributed by atoms with Gasteiger partial charge < -0.3 is 0 Å². The van der Waals surface area contributed by atoms with E-state index in [1.807, 2.05) is 18.2 Å². The van der Waals surface area contributed by atoms with Crippen molar-refractivity contribution in [2.24, 2.45) is 5.84 Å². The fraction of sp³-hybridized carbons (Fsp3) is 0.154. The van der Waals surface area contributed by atoms with Crippen LogP contribution >= 0.6 is 31.9 Å². The highest BCUT2D eigenvalue weighted by molar-refractivity contribution is 9.11. The van der Waals surface area contributed by atoms with Crippen LogP contribution in [0, 0.1) is 6.92 Å². The van der Waals surface area contributed by atoms with Crippen LogP contribution < -0.4 is 11.3 Å². The van der Waals surface area contributed by atoms with Gasteiger partial charge in [-0.2, -0.15) is 0 Å². The van der Waals surface area contributed by atoms with Crippen molar-refractivity contribution in [2.75, 3.05) is 0 Å². The molecule has 0 amide bonds. The minimum absolute atomic E-state index is 0.131. The zero-order valence-corrected chi connectivity index (χ0v) is 13.0. The van der Waals surface area contributed by atoms with E-state index in [9.17, 15) is 0 Å². The smallest absolute Gasteiger partial charge is 0.0895 e. The maximum absolute atomic E-state index is 5.69. The molecule has 2 rings (SSSR count). The molecular weight excluding hydrogens is 358 g/mol. The van der Waals surface area contributed by atoms with Crippen LogP contribution in [-0.2, 0) is 0 Å². The molecule has 0 fully saturated rings. The van der Waals surface area contributed by atoms with Crippen LogP contribution in [-0.4, -0.2) is 4.98 Å². The number of nitrogens with one attached hydrogen (secondary N) is 1. The Morgan fingerprint density at radius 3 is 2.61 bits per heavy atom. The normalized spacial score (nSPS) is 12.4. The van der Waals surface area contributed by atoms with Gasteiger partial charge in [-0.3, -0.25) is 10.8 Å². The maximum atomic E-state index is 5.69. The summed E-state index contributed by atoms with van der Waals surface area (Å²) in [5, 5.41) is 0. The molecule has 0 bridgehead atoms. The van der Waals surface area contributed by atoms with Crippen molar-refractivity contribution in [2.45, 2.75) is 13.0 Å². The van der Waals surface area contributed by atoms with Crippen molar-refractivity contribution in [1.82, 2.24) is 10.4 Å². The van der Waals surface area contributed by atoms with Gasteiger partial charge in [-0.1, -0.05) is 24.3 Å². The highest BCUT2D eigenvalue weighted by atomic mass is 79.9. The number of hydrogen-bond acceptors (Lipinski definition) is 3. The summed E-state index contributed by atoms with van der Waals surface area (Å²) in [6, 6.07) is 9.96. The fourth-order valence-corrected chi connectivity index (χ4v) is 3.08. The van der Waals surface area contributed by atoms with Gasteiger partial charge in [-0.05, 0) is 56.0 Å². The topological polar surface area (TPSA) is 50.9 Å². The number of hydrogen-bond donors (Lipinski definition) is 2. The van der Waals surface area contributed by atoms with Crippen molar-refractivity contribution in [1.29, 1.82) is 0 Å². The highest BCUT2D eigenvalue weighted by Crippen LogP contribution is 2.29. The van der Waals surface area contributed by atoms with Crippen LogP contribution in [0.3, 0.4) is 0 Å². The molecule has 1 unspecified atom stereocenters. The molecule has 2 aromatic rings. The third-order valence-electron chi connectivity index (χ3n) is 2.78. The molecular formula is C13H13Br2N3. The Hall–Kier alpha value is -0.750. The summed E-state index contributed by atoms with van der Waals surface area (Å²) in [4.78, 5) is 4.43. The highest BCUT2D eigenvalue weighted by Gasteiger charge is 2.18. The van der Waals surface area contributed by atoms with Crippen molar-refractivity contribution in [3.05, 3.63) is 62.3 Å². The van der Waals surface area contributed by atoms with Gasteiger partial charge in [0.15, 0.2) is 0 Å². The van der Waals surface area contributed by atoms with Gasteiger partial charge >= 0.3 is 0 Å². The first-order valence-corrected chi connectivity index (χ1v) is 7.04. The number of pyridine rings is 1. The zero-order valence-electron chi connectivity index (χ0n) is 9.82. The van der Waals surface area contributed by atoms with E-state index in [0.717, 1.165) is 20.2 Å². The molecule has 1 aromatic carbocycles. The quantitative estimate of drug-likeness (QED) is 0.642. The van der Waals surface area contributed by atoms with E-state index >= 15 is 0 Å². The molecule has 1 heterocycles. The number of nitrogens with zero attached hydrogens (tertiary/aromatic N) is 1. The minimum atomic E-state index is -0.131. The van der Waals surface area contributed by atoms with Gasteiger partial charge in [0.25, 0.3) is 0 Å². The van der Waals surface area contributed by atoms with Gasteiger partial charge in [0, 0.05) is 15.1 Å². The minimum Gasteiger partial charge on any atom is -0.271 e. The number of aromatic nitrogens is 1. The lowest BCUT2D eigenvalue weighted by Crippen LogP contribution is -2.30. The average Bonchev–Trinajstić information content (AvgIpc) is 2.34. The number of nitrogens with two attached hydrogens (primary N) is 1. The van der Waals surface area contributed by atoms with E-state index < -0.39 is 0 Å². The Bertz CT molecular complexity index is 558. The Kier molecular flexibility index (Phi) is 4.50. The number of halogens is 2. The van der Waals surface area contributed by atoms with Crippen LogP contribution in [0.4, 0.5) is 0 Å². The Morgan fingerprint density at radius 1 is 1.28 bits per heavy atom. The third kappa shape index (κ3) is 2.80. The van der Waals surface area contributed by atoms with Crippen LogP contribution in [0.2, 0.25) is 0 Å². The maximum Gasteiger partial charge on any atom is 0.0895 e. The molecule has 1 atom stereocenters. The molecule has 18 heavy (non-hydrogen) atoms. The lowest BCUT2D eigenvalue weighted by atomic mass is 9.99. The number of benzene rings is 1. The second-order valence-corrected chi connectivity index (χ2v) is 5.75. The van der Waals surface area contributed by atoms with E-state index in [2.05, 4.69) is 61.3 Å². The molecule has 94 valence electrons. The lowest BCUT2D eigenvalue weighted by Gasteiger charge is -2.19. The largest absolute Gasteiger partial charge is 0.271 e. The number of hydrazine groups is 1. The predicted octanol–water partition coefficient (Wildman–Crippen LogP) is 3.47. The van der Waals surface area contributed by atoms with Crippen LogP contribution in [0.1, 0.15) is 22.9 Å². The van der Waals surface area contributed by atoms with E-state index in [-0.39, 0.29) is 6.04 Å². The first-order valence-electron chi connectivity index (χ1n) is 5.46. The molecule has 0 saturated heterocycles. The molecule has 0 spiro atoms.